The van der Waals surface area contributed by atoms with Crippen molar-refractivity contribution in [1.29, 1.82) is 0 Å². The first-order valence-corrected chi connectivity index (χ1v) is 6.57. The van der Waals surface area contributed by atoms with Crippen molar-refractivity contribution >= 4 is 11.5 Å². The van der Waals surface area contributed by atoms with Gasteiger partial charge in [-0.15, -0.1) is 0 Å². The second-order valence-electron chi connectivity index (χ2n) is 5.32. The van der Waals surface area contributed by atoms with Crippen molar-refractivity contribution < 1.29 is 9.60 Å². The number of oxime groups is 1. The lowest BCUT2D eigenvalue weighted by atomic mass is 9.92. The van der Waals surface area contributed by atoms with E-state index in [1.165, 1.54) is 12.1 Å². The highest BCUT2D eigenvalue weighted by Gasteiger charge is 2.25. The molecule has 0 aliphatic carbocycles. The number of piperidine rings is 1. The molecule has 2 unspecified atom stereocenters. The van der Waals surface area contributed by atoms with Crippen molar-refractivity contribution in [2.45, 2.75) is 32.7 Å². The Balaban J connectivity index is 2.39. The van der Waals surface area contributed by atoms with E-state index in [0.29, 0.717) is 17.5 Å². The lowest BCUT2D eigenvalue weighted by molar-refractivity contribution is 0.318. The normalized spacial score (nSPS) is 24.6. The number of anilines is 1. The number of benzene rings is 1. The minimum atomic E-state index is -0.386. The van der Waals surface area contributed by atoms with Crippen molar-refractivity contribution in [3.8, 4) is 0 Å². The minimum absolute atomic E-state index is 0.0553. The average molecular weight is 265 g/mol. The van der Waals surface area contributed by atoms with Crippen molar-refractivity contribution in [2.24, 2.45) is 16.8 Å². The molecule has 0 radical (unpaired) electrons. The molecular weight excluding hydrogens is 245 g/mol. The van der Waals surface area contributed by atoms with Gasteiger partial charge in [-0.1, -0.05) is 12.1 Å². The number of hydrogen-bond acceptors (Lipinski definition) is 3. The predicted molar refractivity (Wildman–Crippen MR) is 74.1 cm³/mol. The number of nitrogens with zero attached hydrogens (tertiary/aromatic N) is 2. The van der Waals surface area contributed by atoms with Crippen LogP contribution in [0.4, 0.5) is 10.1 Å². The Labute approximate surface area is 112 Å². The van der Waals surface area contributed by atoms with Gasteiger partial charge in [0, 0.05) is 23.8 Å². The van der Waals surface area contributed by atoms with Gasteiger partial charge in [0.1, 0.15) is 5.82 Å². The van der Waals surface area contributed by atoms with Crippen molar-refractivity contribution in [3.05, 3.63) is 29.6 Å². The zero-order valence-electron chi connectivity index (χ0n) is 11.3. The van der Waals surface area contributed by atoms with E-state index < -0.39 is 0 Å². The summed E-state index contributed by atoms with van der Waals surface area (Å²) in [7, 11) is 0. The smallest absolute Gasteiger partial charge is 0.172 e. The molecule has 1 aromatic rings. The van der Waals surface area contributed by atoms with Gasteiger partial charge in [-0.05, 0) is 43.9 Å². The van der Waals surface area contributed by atoms with Crippen LogP contribution in [-0.4, -0.2) is 23.6 Å². The van der Waals surface area contributed by atoms with Crippen molar-refractivity contribution in [3.63, 3.8) is 0 Å². The number of nitrogens with two attached hydrogens (primary N) is 1. The Bertz CT molecular complexity index is 490. The molecule has 5 heteroatoms. The minimum Gasteiger partial charge on any atom is -0.409 e. The van der Waals surface area contributed by atoms with E-state index in [1.54, 1.807) is 6.07 Å². The maximum Gasteiger partial charge on any atom is 0.172 e. The van der Waals surface area contributed by atoms with E-state index in [-0.39, 0.29) is 11.7 Å². The summed E-state index contributed by atoms with van der Waals surface area (Å²) in [4.78, 5) is 2.20. The first kappa shape index (κ1) is 13.6. The van der Waals surface area contributed by atoms with Crippen LogP contribution in [0.5, 0.6) is 0 Å². The molecule has 1 aliphatic heterocycles. The quantitative estimate of drug-likeness (QED) is 0.374. The van der Waals surface area contributed by atoms with Crippen LogP contribution in [0.15, 0.2) is 23.4 Å². The summed E-state index contributed by atoms with van der Waals surface area (Å²) in [5.41, 5.74) is 6.93. The molecular formula is C14H20FN3O. The Morgan fingerprint density at radius 2 is 2.21 bits per heavy atom. The zero-order chi connectivity index (χ0) is 14.0. The first-order valence-electron chi connectivity index (χ1n) is 6.57. The van der Waals surface area contributed by atoms with Gasteiger partial charge in [0.15, 0.2) is 5.84 Å². The SMILES string of the molecule is CC1CCN(c2ccc(F)cc2C(N)=NO)C(C)C1. The molecule has 1 aliphatic rings. The summed E-state index contributed by atoms with van der Waals surface area (Å²) in [5, 5.41) is 11.8. The monoisotopic (exact) mass is 265 g/mol. The lowest BCUT2D eigenvalue weighted by Crippen LogP contribution is -2.41. The third-order valence-corrected chi connectivity index (χ3v) is 3.79. The molecule has 104 valence electrons. The molecule has 0 bridgehead atoms. The van der Waals surface area contributed by atoms with Crippen molar-refractivity contribution in [2.75, 3.05) is 11.4 Å². The zero-order valence-corrected chi connectivity index (χ0v) is 11.3. The van der Waals surface area contributed by atoms with Crippen molar-refractivity contribution in [1.82, 2.24) is 0 Å². The summed E-state index contributed by atoms with van der Waals surface area (Å²) in [6.45, 7) is 5.29. The maximum atomic E-state index is 13.4. The molecule has 0 spiro atoms. The summed E-state index contributed by atoms with van der Waals surface area (Å²) in [6.07, 6.45) is 2.18. The standard InChI is InChI=1S/C14H20FN3O/c1-9-5-6-18(10(2)7-9)13-4-3-11(15)8-12(13)14(16)17-19/h3-4,8-10,19H,5-7H2,1-2H3,(H2,16,17). The Hall–Kier alpha value is -1.78. The summed E-state index contributed by atoms with van der Waals surface area (Å²) >= 11 is 0. The Morgan fingerprint density at radius 1 is 1.47 bits per heavy atom. The maximum absolute atomic E-state index is 13.4. The van der Waals surface area contributed by atoms with Crippen LogP contribution in [-0.2, 0) is 0 Å². The van der Waals surface area contributed by atoms with Gasteiger partial charge in [-0.2, -0.15) is 0 Å². The van der Waals surface area contributed by atoms with E-state index in [4.69, 9.17) is 10.9 Å². The lowest BCUT2D eigenvalue weighted by Gasteiger charge is -2.39. The number of rotatable bonds is 2. The van der Waals surface area contributed by atoms with Gasteiger partial charge < -0.3 is 15.8 Å². The molecule has 2 atom stereocenters. The van der Waals surface area contributed by atoms with E-state index >= 15 is 0 Å². The third kappa shape index (κ3) is 2.80. The molecule has 19 heavy (non-hydrogen) atoms. The molecule has 0 amide bonds. The van der Waals surface area contributed by atoms with Crippen LogP contribution in [0, 0.1) is 11.7 Å². The fourth-order valence-corrected chi connectivity index (χ4v) is 2.78. The van der Waals surface area contributed by atoms with E-state index in [9.17, 15) is 4.39 Å². The fourth-order valence-electron chi connectivity index (χ4n) is 2.78. The molecule has 2 rings (SSSR count). The van der Waals surface area contributed by atoms with Gasteiger partial charge in [0.25, 0.3) is 0 Å². The van der Waals surface area contributed by atoms with Gasteiger partial charge >= 0.3 is 0 Å². The largest absolute Gasteiger partial charge is 0.409 e. The molecule has 3 N–H and O–H groups in total. The van der Waals surface area contributed by atoms with Gasteiger partial charge in [-0.25, -0.2) is 4.39 Å². The van der Waals surface area contributed by atoms with Crippen LogP contribution in [0.1, 0.15) is 32.3 Å². The Morgan fingerprint density at radius 3 is 2.84 bits per heavy atom. The molecule has 1 aromatic carbocycles. The number of hydrogen-bond donors (Lipinski definition) is 2. The van der Waals surface area contributed by atoms with Gasteiger partial charge in [0.05, 0.1) is 0 Å². The fraction of sp³-hybridized carbons (Fsp3) is 0.500. The highest BCUT2D eigenvalue weighted by atomic mass is 19.1. The molecule has 1 fully saturated rings. The first-order chi connectivity index (χ1) is 9.02. The molecule has 4 nitrogen and oxygen atoms in total. The topological polar surface area (TPSA) is 61.8 Å². The number of amidine groups is 1. The highest BCUT2D eigenvalue weighted by Crippen LogP contribution is 2.30. The van der Waals surface area contributed by atoms with Crippen LogP contribution in [0.2, 0.25) is 0 Å². The summed E-state index contributed by atoms with van der Waals surface area (Å²) < 4.78 is 13.4. The predicted octanol–water partition coefficient (Wildman–Crippen LogP) is 2.55. The molecule has 0 saturated carbocycles. The highest BCUT2D eigenvalue weighted by molar-refractivity contribution is 6.02. The van der Waals surface area contributed by atoms with Crippen LogP contribution in [0.25, 0.3) is 0 Å². The molecule has 0 aromatic heterocycles. The van der Waals surface area contributed by atoms with E-state index in [1.807, 2.05) is 0 Å². The van der Waals surface area contributed by atoms with Crippen LogP contribution >= 0.6 is 0 Å². The summed E-state index contributed by atoms with van der Waals surface area (Å²) in [6, 6.07) is 4.79. The third-order valence-electron chi connectivity index (χ3n) is 3.79. The van der Waals surface area contributed by atoms with Crippen LogP contribution in [0.3, 0.4) is 0 Å². The number of halogens is 1. The second-order valence-corrected chi connectivity index (χ2v) is 5.32. The van der Waals surface area contributed by atoms with E-state index in [0.717, 1.165) is 25.1 Å². The molecule has 1 saturated heterocycles. The summed E-state index contributed by atoms with van der Waals surface area (Å²) in [5.74, 6) is 0.253. The average Bonchev–Trinajstić information content (AvgIpc) is 2.38. The van der Waals surface area contributed by atoms with Gasteiger partial charge in [0.2, 0.25) is 0 Å². The van der Waals surface area contributed by atoms with Crippen LogP contribution < -0.4 is 10.6 Å². The molecule has 1 heterocycles. The van der Waals surface area contributed by atoms with E-state index in [2.05, 4.69) is 23.9 Å². The van der Waals surface area contributed by atoms with Gasteiger partial charge in [-0.3, -0.25) is 0 Å². The second kappa shape index (κ2) is 5.47. The Kier molecular flexibility index (Phi) is 3.93.